The van der Waals surface area contributed by atoms with Crippen molar-refractivity contribution in [1.82, 2.24) is 5.32 Å². The minimum absolute atomic E-state index is 0.0648. The number of carbonyl (C=O) groups excluding carboxylic acids is 1. The summed E-state index contributed by atoms with van der Waals surface area (Å²) in [6, 6.07) is 3.37. The van der Waals surface area contributed by atoms with E-state index in [2.05, 4.69) is 5.32 Å². The van der Waals surface area contributed by atoms with Crippen LogP contribution in [-0.4, -0.2) is 23.0 Å². The van der Waals surface area contributed by atoms with Crippen LogP contribution in [0, 0.1) is 5.92 Å². The van der Waals surface area contributed by atoms with Gasteiger partial charge in [0.05, 0.1) is 12.0 Å². The number of rotatable bonds is 6. The van der Waals surface area contributed by atoms with Crippen molar-refractivity contribution in [2.24, 2.45) is 5.92 Å². The van der Waals surface area contributed by atoms with Crippen LogP contribution in [0.5, 0.6) is 0 Å². The zero-order chi connectivity index (χ0) is 16.9. The van der Waals surface area contributed by atoms with Gasteiger partial charge >= 0.3 is 12.1 Å². The monoisotopic (exact) mass is 317 g/mol. The Bertz CT molecular complexity index is 541. The molecule has 0 radical (unpaired) electrons. The molecule has 0 bridgehead atoms. The Labute approximate surface area is 126 Å². The molecular formula is C15H18F3NO3. The van der Waals surface area contributed by atoms with Crippen LogP contribution in [0.15, 0.2) is 24.3 Å². The zero-order valence-corrected chi connectivity index (χ0v) is 12.3. The maximum absolute atomic E-state index is 12.6. The number of nitrogens with one attached hydrogen (secondary N) is 1. The third kappa shape index (κ3) is 5.75. The molecule has 1 unspecified atom stereocenters. The summed E-state index contributed by atoms with van der Waals surface area (Å²) in [5.41, 5.74) is -0.657. The van der Waals surface area contributed by atoms with Gasteiger partial charge < -0.3 is 10.4 Å². The number of halogens is 3. The molecule has 22 heavy (non-hydrogen) atoms. The van der Waals surface area contributed by atoms with Crippen molar-refractivity contribution in [2.45, 2.75) is 38.9 Å². The summed E-state index contributed by atoms with van der Waals surface area (Å²) in [5.74, 6) is -1.71. The molecule has 1 amide bonds. The van der Waals surface area contributed by atoms with E-state index in [0.29, 0.717) is 0 Å². The number of hydrogen-bond donors (Lipinski definition) is 2. The van der Waals surface area contributed by atoms with Crippen LogP contribution >= 0.6 is 0 Å². The van der Waals surface area contributed by atoms with Gasteiger partial charge in [-0.1, -0.05) is 32.0 Å². The smallest absolute Gasteiger partial charge is 0.416 e. The number of aliphatic carboxylic acids is 1. The molecule has 0 aliphatic carbocycles. The number of hydrogen-bond acceptors (Lipinski definition) is 2. The SMILES string of the molecule is CC(C)CC(NC(=O)Cc1cccc(C(F)(F)F)c1)C(=O)O. The van der Waals surface area contributed by atoms with E-state index >= 15 is 0 Å². The Morgan fingerprint density at radius 2 is 1.91 bits per heavy atom. The lowest BCUT2D eigenvalue weighted by atomic mass is 10.0. The number of benzene rings is 1. The highest BCUT2D eigenvalue weighted by Gasteiger charge is 2.30. The van der Waals surface area contributed by atoms with Crippen molar-refractivity contribution < 1.29 is 27.9 Å². The first-order chi connectivity index (χ1) is 10.1. The summed E-state index contributed by atoms with van der Waals surface area (Å²) in [4.78, 5) is 22.9. The van der Waals surface area contributed by atoms with Crippen LogP contribution in [0.1, 0.15) is 31.4 Å². The van der Waals surface area contributed by atoms with Crippen molar-refractivity contribution in [3.63, 3.8) is 0 Å². The second kappa shape index (κ2) is 7.29. The standard InChI is InChI=1S/C15H18F3NO3/c1-9(2)6-12(14(21)22)19-13(20)8-10-4-3-5-11(7-10)15(16,17)18/h3-5,7,9,12H,6,8H2,1-2H3,(H,19,20)(H,21,22). The van der Waals surface area contributed by atoms with Crippen LogP contribution in [0.25, 0.3) is 0 Å². The molecule has 4 nitrogen and oxygen atoms in total. The van der Waals surface area contributed by atoms with Crippen molar-refractivity contribution in [1.29, 1.82) is 0 Å². The Morgan fingerprint density at radius 3 is 2.41 bits per heavy atom. The van der Waals surface area contributed by atoms with E-state index in [9.17, 15) is 22.8 Å². The predicted molar refractivity (Wildman–Crippen MR) is 74.2 cm³/mol. The first kappa shape index (κ1) is 18.0. The highest BCUT2D eigenvalue weighted by atomic mass is 19.4. The molecule has 0 saturated carbocycles. The first-order valence-electron chi connectivity index (χ1n) is 6.78. The average molecular weight is 317 g/mol. The molecule has 7 heteroatoms. The van der Waals surface area contributed by atoms with Crippen LogP contribution in [0.2, 0.25) is 0 Å². The quantitative estimate of drug-likeness (QED) is 0.848. The van der Waals surface area contributed by atoms with Gasteiger partial charge in [0.1, 0.15) is 6.04 Å². The highest BCUT2D eigenvalue weighted by molar-refractivity contribution is 5.84. The molecule has 2 N–H and O–H groups in total. The molecule has 0 aromatic heterocycles. The van der Waals surface area contributed by atoms with Crippen LogP contribution in [0.3, 0.4) is 0 Å². The summed E-state index contributed by atoms with van der Waals surface area (Å²) in [6.45, 7) is 3.63. The van der Waals surface area contributed by atoms with Gasteiger partial charge in [0, 0.05) is 0 Å². The third-order valence-electron chi connectivity index (χ3n) is 2.96. The fourth-order valence-electron chi connectivity index (χ4n) is 1.98. The summed E-state index contributed by atoms with van der Waals surface area (Å²) in [7, 11) is 0. The number of amides is 1. The molecule has 0 spiro atoms. The molecule has 0 aliphatic rings. The van der Waals surface area contributed by atoms with Crippen molar-refractivity contribution in [3.8, 4) is 0 Å². The topological polar surface area (TPSA) is 66.4 Å². The van der Waals surface area contributed by atoms with Gasteiger partial charge in [-0.2, -0.15) is 13.2 Å². The molecule has 1 rings (SSSR count). The van der Waals surface area contributed by atoms with Gasteiger partial charge in [-0.15, -0.1) is 0 Å². The molecule has 0 fully saturated rings. The number of alkyl halides is 3. The Kier molecular flexibility index (Phi) is 5.96. The lowest BCUT2D eigenvalue weighted by molar-refractivity contribution is -0.142. The molecule has 122 valence electrons. The minimum Gasteiger partial charge on any atom is -0.480 e. The van der Waals surface area contributed by atoms with E-state index in [0.717, 1.165) is 12.1 Å². The van der Waals surface area contributed by atoms with E-state index in [1.165, 1.54) is 12.1 Å². The normalized spacial score (nSPS) is 13.0. The lowest BCUT2D eigenvalue weighted by Crippen LogP contribution is -2.42. The molecule has 1 aromatic carbocycles. The van der Waals surface area contributed by atoms with Crippen LogP contribution in [0.4, 0.5) is 13.2 Å². The number of carboxylic acids is 1. The molecule has 1 atom stereocenters. The lowest BCUT2D eigenvalue weighted by Gasteiger charge is -2.16. The second-order valence-electron chi connectivity index (χ2n) is 5.46. The molecule has 0 saturated heterocycles. The third-order valence-corrected chi connectivity index (χ3v) is 2.96. The second-order valence-corrected chi connectivity index (χ2v) is 5.46. The van der Waals surface area contributed by atoms with Crippen molar-refractivity contribution >= 4 is 11.9 Å². The van der Waals surface area contributed by atoms with Gasteiger partial charge in [0.2, 0.25) is 5.91 Å². The van der Waals surface area contributed by atoms with E-state index in [4.69, 9.17) is 5.11 Å². The van der Waals surface area contributed by atoms with E-state index in [1.807, 2.05) is 13.8 Å². The fraction of sp³-hybridized carbons (Fsp3) is 0.467. The summed E-state index contributed by atoms with van der Waals surface area (Å²) < 4.78 is 37.8. The Morgan fingerprint density at radius 1 is 1.27 bits per heavy atom. The molecule has 0 aliphatic heterocycles. The summed E-state index contributed by atoms with van der Waals surface area (Å²) in [5, 5.41) is 11.4. The Balaban J connectivity index is 2.74. The largest absolute Gasteiger partial charge is 0.480 e. The summed E-state index contributed by atoms with van der Waals surface area (Å²) in [6.07, 6.45) is -4.52. The van der Waals surface area contributed by atoms with Gasteiger partial charge in [-0.05, 0) is 24.0 Å². The maximum atomic E-state index is 12.6. The minimum atomic E-state index is -4.48. The van der Waals surface area contributed by atoms with E-state index in [1.54, 1.807) is 0 Å². The van der Waals surface area contributed by atoms with Gasteiger partial charge in [0.25, 0.3) is 0 Å². The average Bonchev–Trinajstić information content (AvgIpc) is 2.36. The first-order valence-corrected chi connectivity index (χ1v) is 6.78. The van der Waals surface area contributed by atoms with Crippen LogP contribution in [-0.2, 0) is 22.2 Å². The van der Waals surface area contributed by atoms with Crippen molar-refractivity contribution in [3.05, 3.63) is 35.4 Å². The summed E-state index contributed by atoms with van der Waals surface area (Å²) >= 11 is 0. The number of carbonyl (C=O) groups is 2. The Hall–Kier alpha value is -2.05. The van der Waals surface area contributed by atoms with Crippen molar-refractivity contribution in [2.75, 3.05) is 0 Å². The van der Waals surface area contributed by atoms with Gasteiger partial charge in [-0.3, -0.25) is 4.79 Å². The van der Waals surface area contributed by atoms with E-state index in [-0.39, 0.29) is 24.3 Å². The predicted octanol–water partition coefficient (Wildman–Crippen LogP) is 2.86. The number of carboxylic acid groups (broad SMARTS) is 1. The molecule has 1 aromatic rings. The highest BCUT2D eigenvalue weighted by Crippen LogP contribution is 2.29. The van der Waals surface area contributed by atoms with Crippen LogP contribution < -0.4 is 5.32 Å². The maximum Gasteiger partial charge on any atom is 0.416 e. The molecule has 0 heterocycles. The zero-order valence-electron chi connectivity index (χ0n) is 12.3. The fourth-order valence-corrected chi connectivity index (χ4v) is 1.98. The molecular weight excluding hydrogens is 299 g/mol. The van der Waals surface area contributed by atoms with Gasteiger partial charge in [0.15, 0.2) is 0 Å². The van der Waals surface area contributed by atoms with E-state index < -0.39 is 29.7 Å². The van der Waals surface area contributed by atoms with Gasteiger partial charge in [-0.25, -0.2) is 4.79 Å².